The van der Waals surface area contributed by atoms with Crippen LogP contribution in [0.5, 0.6) is 0 Å². The number of anilines is 1. The summed E-state index contributed by atoms with van der Waals surface area (Å²) >= 11 is 1.20. The van der Waals surface area contributed by atoms with Crippen molar-refractivity contribution in [2.75, 3.05) is 32.2 Å². The van der Waals surface area contributed by atoms with Crippen molar-refractivity contribution in [3.63, 3.8) is 0 Å². The molecule has 0 spiro atoms. The summed E-state index contributed by atoms with van der Waals surface area (Å²) in [5.74, 6) is -0.417. The number of carbonyl (C=O) groups excluding carboxylic acids is 2. The Bertz CT molecular complexity index is 1210. The van der Waals surface area contributed by atoms with E-state index in [1.807, 2.05) is 6.82 Å². The first-order valence-electron chi connectivity index (χ1n) is 13.5. The van der Waals surface area contributed by atoms with Crippen LogP contribution in [0.4, 0.5) is 9.52 Å². The molecule has 0 bridgehead atoms. The molecule has 0 aromatic carbocycles. The van der Waals surface area contributed by atoms with Gasteiger partial charge in [-0.15, -0.1) is 11.3 Å². The monoisotopic (exact) mass is 572 g/mol. The summed E-state index contributed by atoms with van der Waals surface area (Å²) in [6.07, 6.45) is 7.02. The van der Waals surface area contributed by atoms with Crippen LogP contribution in [-0.2, 0) is 14.3 Å². The molecule has 0 fully saturated rings. The van der Waals surface area contributed by atoms with E-state index < -0.39 is 23.7 Å². The molecule has 3 heterocycles. The van der Waals surface area contributed by atoms with E-state index in [4.69, 9.17) is 9.47 Å². The van der Waals surface area contributed by atoms with Crippen LogP contribution < -0.4 is 10.6 Å². The number of aryl methyl sites for hydroxylation is 1. The van der Waals surface area contributed by atoms with Crippen LogP contribution >= 0.6 is 11.3 Å². The lowest BCUT2D eigenvalue weighted by molar-refractivity contribution is -0.119. The van der Waals surface area contributed by atoms with Crippen LogP contribution in [0.3, 0.4) is 0 Å². The maximum atomic E-state index is 13.4. The highest BCUT2D eigenvalue weighted by Gasteiger charge is 2.23. The molecule has 3 rings (SSSR count). The third-order valence-corrected chi connectivity index (χ3v) is 6.81. The number of hydrogen-bond acceptors (Lipinski definition) is 7. The van der Waals surface area contributed by atoms with Crippen molar-refractivity contribution in [2.45, 2.75) is 59.8 Å². The minimum absolute atomic E-state index is 0.00483. The van der Waals surface area contributed by atoms with E-state index in [-0.39, 0.29) is 12.3 Å². The summed E-state index contributed by atoms with van der Waals surface area (Å²) in [7, 11) is 3.24. The molecule has 2 unspecified atom stereocenters. The first kappa shape index (κ1) is 33.1. The van der Waals surface area contributed by atoms with Crippen molar-refractivity contribution in [1.29, 1.82) is 0 Å². The molecular weight excluding hydrogens is 532 g/mol. The standard InChI is InChI=1S/C19H20BFN5O3S.C9H20O/c1-11-13(21)4-5-14(22-11)16-10-30-19(24-16)25-18(28)15(9-29-3)23-17(27)12-6-7-26(8-12)20-2;1-4-7-10-8-6-9(3)5-2/h4-8,10,15H,9H2,1-3H3,(H,23,27)(H,24,25,28);9H,4-8H2,1-3H3. The Morgan fingerprint density at radius 2 is 1.95 bits per heavy atom. The van der Waals surface area contributed by atoms with Crippen molar-refractivity contribution in [2.24, 2.45) is 5.92 Å². The lowest BCUT2D eigenvalue weighted by Crippen LogP contribution is -2.46. The highest BCUT2D eigenvalue weighted by Crippen LogP contribution is 2.24. The predicted octanol–water partition coefficient (Wildman–Crippen LogP) is 5.20. The van der Waals surface area contributed by atoms with Crippen molar-refractivity contribution >= 4 is 35.7 Å². The fourth-order valence-corrected chi connectivity index (χ4v) is 4.07. The Hall–Kier alpha value is -3.09. The first-order valence-corrected chi connectivity index (χ1v) is 14.3. The summed E-state index contributed by atoms with van der Waals surface area (Å²) < 4.78 is 25.6. The second-order valence-corrected chi connectivity index (χ2v) is 10.2. The van der Waals surface area contributed by atoms with E-state index in [1.54, 1.807) is 42.7 Å². The van der Waals surface area contributed by atoms with Crippen molar-refractivity contribution in [1.82, 2.24) is 19.8 Å². The fraction of sp³-hybridized carbons (Fsp3) is 0.500. The van der Waals surface area contributed by atoms with Gasteiger partial charge in [0.1, 0.15) is 17.6 Å². The Morgan fingerprint density at radius 3 is 2.58 bits per heavy atom. The maximum Gasteiger partial charge on any atom is 0.253 e. The number of ether oxygens (including phenoxy) is 2. The molecule has 2 N–H and O–H groups in total. The topological polar surface area (TPSA) is 107 Å². The molecule has 3 aromatic heterocycles. The molecule has 1 radical (unpaired) electrons. The average Bonchev–Trinajstić information content (AvgIpc) is 3.62. The number of carbonyl (C=O) groups is 2. The Morgan fingerprint density at radius 1 is 1.18 bits per heavy atom. The minimum atomic E-state index is -0.907. The lowest BCUT2D eigenvalue weighted by Gasteiger charge is -2.16. The van der Waals surface area contributed by atoms with Gasteiger partial charge in [0.25, 0.3) is 11.8 Å². The van der Waals surface area contributed by atoms with Gasteiger partial charge in [-0.05, 0) is 50.1 Å². The van der Waals surface area contributed by atoms with E-state index in [1.165, 1.54) is 43.4 Å². The lowest BCUT2D eigenvalue weighted by atomic mass is 10.0. The third kappa shape index (κ3) is 10.8. The van der Waals surface area contributed by atoms with Gasteiger partial charge in [-0.25, -0.2) is 14.4 Å². The Balaban J connectivity index is 0.000000478. The highest BCUT2D eigenvalue weighted by molar-refractivity contribution is 7.14. The average molecular weight is 573 g/mol. The van der Waals surface area contributed by atoms with Gasteiger partial charge < -0.3 is 24.6 Å². The van der Waals surface area contributed by atoms with Gasteiger partial charge in [-0.2, -0.15) is 0 Å². The number of hydrogen-bond donors (Lipinski definition) is 2. The molecule has 3 aromatic rings. The van der Waals surface area contributed by atoms with E-state index in [2.05, 4.69) is 41.4 Å². The molecule has 0 aliphatic rings. The number of pyridine rings is 1. The van der Waals surface area contributed by atoms with Crippen molar-refractivity contribution in [3.05, 3.63) is 53.0 Å². The van der Waals surface area contributed by atoms with E-state index >= 15 is 0 Å². The minimum Gasteiger partial charge on any atom is -0.402 e. The summed E-state index contributed by atoms with van der Waals surface area (Å²) in [5.41, 5.74) is 1.72. The number of amides is 2. The van der Waals surface area contributed by atoms with E-state index in [0.717, 1.165) is 25.6 Å². The zero-order chi connectivity index (χ0) is 29.5. The normalized spacial score (nSPS) is 12.2. The van der Waals surface area contributed by atoms with Gasteiger partial charge in [-0.3, -0.25) is 9.59 Å². The Kier molecular flexibility index (Phi) is 14.6. The first-order chi connectivity index (χ1) is 19.2. The molecule has 0 saturated carbocycles. The van der Waals surface area contributed by atoms with Crippen LogP contribution in [0.2, 0.25) is 6.82 Å². The predicted molar refractivity (Wildman–Crippen MR) is 158 cm³/mol. The van der Waals surface area contributed by atoms with Crippen LogP contribution in [0.25, 0.3) is 11.4 Å². The molecule has 217 valence electrons. The molecular formula is C28H40BFN5O4S. The summed E-state index contributed by atoms with van der Waals surface area (Å²) in [6.45, 7) is 11.9. The maximum absolute atomic E-state index is 13.4. The van der Waals surface area contributed by atoms with E-state index in [0.29, 0.717) is 22.1 Å². The van der Waals surface area contributed by atoms with Gasteiger partial charge in [0.2, 0.25) is 7.41 Å². The molecule has 0 aliphatic heterocycles. The third-order valence-electron chi connectivity index (χ3n) is 6.05. The van der Waals surface area contributed by atoms with E-state index in [9.17, 15) is 14.0 Å². The molecule has 9 nitrogen and oxygen atoms in total. The van der Waals surface area contributed by atoms with Gasteiger partial charge in [0.05, 0.1) is 23.6 Å². The zero-order valence-electron chi connectivity index (χ0n) is 24.2. The van der Waals surface area contributed by atoms with Crippen LogP contribution in [-0.4, -0.2) is 66.6 Å². The van der Waals surface area contributed by atoms with Gasteiger partial charge in [0.15, 0.2) is 5.13 Å². The molecule has 0 aliphatic carbocycles. The molecule has 12 heteroatoms. The number of aromatic nitrogens is 3. The van der Waals surface area contributed by atoms with Crippen LogP contribution in [0.15, 0.2) is 36.0 Å². The van der Waals surface area contributed by atoms with Crippen molar-refractivity contribution < 1.29 is 23.5 Å². The Labute approximate surface area is 241 Å². The fourth-order valence-electron chi connectivity index (χ4n) is 3.36. The summed E-state index contributed by atoms with van der Waals surface area (Å²) in [6, 6.07) is 3.59. The highest BCUT2D eigenvalue weighted by atomic mass is 32.1. The molecule has 2 amide bonds. The number of halogens is 1. The number of nitrogens with zero attached hydrogens (tertiary/aromatic N) is 3. The van der Waals surface area contributed by atoms with Crippen LogP contribution in [0.1, 0.15) is 56.1 Å². The van der Waals surface area contributed by atoms with Crippen molar-refractivity contribution in [3.8, 4) is 11.4 Å². The molecule has 2 atom stereocenters. The molecule has 40 heavy (non-hydrogen) atoms. The summed E-state index contributed by atoms with van der Waals surface area (Å²) in [5, 5.41) is 7.39. The largest absolute Gasteiger partial charge is 0.402 e. The SMILES string of the molecule is CCCOCCC(C)CC.C[B]n1ccc(C(=O)NC(COC)C(=O)Nc2nc(-c3ccc(F)c(C)n3)cs2)c1. The number of nitrogens with one attached hydrogen (secondary N) is 2. The quantitative estimate of drug-likeness (QED) is 0.203. The van der Waals surface area contributed by atoms with Gasteiger partial charge in [-0.1, -0.05) is 34.0 Å². The van der Waals surface area contributed by atoms with Gasteiger partial charge >= 0.3 is 0 Å². The number of methoxy groups -OCH3 is 1. The number of thiazole rings is 1. The zero-order valence-corrected chi connectivity index (χ0v) is 25.0. The smallest absolute Gasteiger partial charge is 0.253 e. The van der Waals surface area contributed by atoms with Crippen LogP contribution in [0, 0.1) is 18.7 Å². The molecule has 0 saturated heterocycles. The summed E-state index contributed by atoms with van der Waals surface area (Å²) in [4.78, 5) is 33.6. The second-order valence-electron chi connectivity index (χ2n) is 9.29. The van der Waals surface area contributed by atoms with Gasteiger partial charge in [0, 0.05) is 31.9 Å². The second kappa shape index (κ2) is 17.6. The number of rotatable bonds is 14.